The smallest absolute Gasteiger partial charge is 0.326 e. The molecule has 41 heavy (non-hydrogen) atoms. The number of nitrogens with zero attached hydrogens (tertiary/aromatic N) is 3. The summed E-state index contributed by atoms with van der Waals surface area (Å²) in [7, 11) is 2.09. The number of para-hydroxylation sites is 1. The number of nitrogens with one attached hydrogen (secondary N) is 2. The molecular formula is C32H47N5O4. The van der Waals surface area contributed by atoms with Gasteiger partial charge in [0.05, 0.1) is 0 Å². The first kappa shape index (κ1) is 30.8. The standard InChI is InChI=1S/C32H47N5O4/c1-36-19-14-25(15-20-36)24-30(38)35-29(32(39)40)16-21-37(22-23-41-28-10-3-2-4-11-28)18-6-5-9-27-13-12-26-8-7-17-33-31(26)34-27/h2-4,10-13,25,29H,5-9,14-24H2,1H3,(H,33,34)(H,35,38)(H,39,40). The van der Waals surface area contributed by atoms with Gasteiger partial charge in [0.15, 0.2) is 0 Å². The van der Waals surface area contributed by atoms with E-state index in [1.807, 2.05) is 30.3 Å². The van der Waals surface area contributed by atoms with Crippen LogP contribution in [-0.4, -0.2) is 90.7 Å². The highest BCUT2D eigenvalue weighted by molar-refractivity contribution is 5.83. The number of aliphatic carboxylic acids is 1. The summed E-state index contributed by atoms with van der Waals surface area (Å²) in [5.74, 6) is 1.05. The van der Waals surface area contributed by atoms with Crippen molar-refractivity contribution in [3.63, 3.8) is 0 Å². The van der Waals surface area contributed by atoms with Crippen molar-refractivity contribution < 1.29 is 19.4 Å². The van der Waals surface area contributed by atoms with Crippen molar-refractivity contribution in [3.05, 3.63) is 53.7 Å². The molecule has 1 aromatic heterocycles. The first-order valence-electron chi connectivity index (χ1n) is 15.3. The van der Waals surface area contributed by atoms with Crippen LogP contribution in [0.4, 0.5) is 5.82 Å². The maximum atomic E-state index is 12.7. The van der Waals surface area contributed by atoms with Gasteiger partial charge in [-0.15, -0.1) is 0 Å². The number of hydrogen-bond acceptors (Lipinski definition) is 7. The summed E-state index contributed by atoms with van der Waals surface area (Å²) < 4.78 is 5.93. The molecule has 3 N–H and O–H groups in total. The van der Waals surface area contributed by atoms with Crippen LogP contribution in [-0.2, 0) is 22.4 Å². The van der Waals surface area contributed by atoms with E-state index in [0.29, 0.717) is 38.5 Å². The number of unbranched alkanes of at least 4 members (excludes halogenated alkanes) is 1. The number of pyridine rings is 1. The zero-order chi connectivity index (χ0) is 28.9. The number of fused-ring (bicyclic) bond motifs is 1. The van der Waals surface area contributed by atoms with Gasteiger partial charge < -0.3 is 25.4 Å². The average molecular weight is 566 g/mol. The van der Waals surface area contributed by atoms with Crippen molar-refractivity contribution in [3.8, 4) is 5.75 Å². The molecule has 0 bridgehead atoms. The van der Waals surface area contributed by atoms with Gasteiger partial charge in [-0.2, -0.15) is 0 Å². The molecular weight excluding hydrogens is 518 g/mol. The highest BCUT2D eigenvalue weighted by Gasteiger charge is 2.24. The maximum absolute atomic E-state index is 12.7. The quantitative estimate of drug-likeness (QED) is 0.264. The van der Waals surface area contributed by atoms with Crippen LogP contribution in [0.25, 0.3) is 0 Å². The highest BCUT2D eigenvalue weighted by atomic mass is 16.5. The number of carbonyl (C=O) groups excluding carboxylic acids is 1. The molecule has 0 aliphatic carbocycles. The topological polar surface area (TPSA) is 107 Å². The van der Waals surface area contributed by atoms with Gasteiger partial charge >= 0.3 is 5.97 Å². The van der Waals surface area contributed by atoms with E-state index in [1.165, 1.54) is 5.56 Å². The molecule has 4 rings (SSSR count). The second-order valence-electron chi connectivity index (χ2n) is 11.5. The Bertz CT molecular complexity index is 1090. The molecule has 9 heteroatoms. The minimum Gasteiger partial charge on any atom is -0.492 e. The molecule has 1 unspecified atom stereocenters. The molecule has 0 saturated carbocycles. The Hall–Kier alpha value is -3.17. The normalized spacial score (nSPS) is 16.5. The fourth-order valence-corrected chi connectivity index (χ4v) is 5.64. The summed E-state index contributed by atoms with van der Waals surface area (Å²) in [5.41, 5.74) is 2.41. The first-order valence-corrected chi connectivity index (χ1v) is 15.3. The number of hydrogen-bond donors (Lipinski definition) is 3. The lowest BCUT2D eigenvalue weighted by Crippen LogP contribution is -2.44. The molecule has 3 heterocycles. The van der Waals surface area contributed by atoms with Gasteiger partial charge in [-0.05, 0) is 108 Å². The van der Waals surface area contributed by atoms with Gasteiger partial charge in [0.25, 0.3) is 0 Å². The lowest BCUT2D eigenvalue weighted by atomic mass is 9.93. The Morgan fingerprint density at radius 2 is 1.93 bits per heavy atom. The van der Waals surface area contributed by atoms with Crippen LogP contribution in [0.1, 0.15) is 56.2 Å². The molecule has 2 aromatic rings. The molecule has 1 amide bonds. The van der Waals surface area contributed by atoms with Crippen LogP contribution in [0.3, 0.4) is 0 Å². The van der Waals surface area contributed by atoms with Crippen molar-refractivity contribution in [2.45, 2.75) is 63.8 Å². The number of aromatic nitrogens is 1. The molecule has 1 fully saturated rings. The largest absolute Gasteiger partial charge is 0.492 e. The van der Waals surface area contributed by atoms with E-state index in [0.717, 1.165) is 88.4 Å². The molecule has 2 aliphatic rings. The highest BCUT2D eigenvalue weighted by Crippen LogP contribution is 2.21. The summed E-state index contributed by atoms with van der Waals surface area (Å²) in [6.07, 6.45) is 7.84. The Morgan fingerprint density at radius 3 is 2.71 bits per heavy atom. The van der Waals surface area contributed by atoms with E-state index < -0.39 is 12.0 Å². The predicted molar refractivity (Wildman–Crippen MR) is 161 cm³/mol. The number of rotatable bonds is 16. The van der Waals surface area contributed by atoms with E-state index in [9.17, 15) is 14.7 Å². The number of carboxylic acid groups (broad SMARTS) is 1. The summed E-state index contributed by atoms with van der Waals surface area (Å²) in [6.45, 7) is 5.56. The number of carboxylic acids is 1. The number of aryl methyl sites for hydroxylation is 2. The summed E-state index contributed by atoms with van der Waals surface area (Å²) in [6, 6.07) is 13.2. The Balaban J connectivity index is 1.25. The van der Waals surface area contributed by atoms with Gasteiger partial charge in [-0.1, -0.05) is 24.3 Å². The summed E-state index contributed by atoms with van der Waals surface area (Å²) in [5, 5.41) is 16.1. The van der Waals surface area contributed by atoms with E-state index in [-0.39, 0.29) is 5.91 Å². The molecule has 224 valence electrons. The second-order valence-corrected chi connectivity index (χ2v) is 11.5. The molecule has 1 aromatic carbocycles. The number of piperidine rings is 1. The van der Waals surface area contributed by atoms with Crippen molar-refractivity contribution in [1.29, 1.82) is 0 Å². The molecule has 0 spiro atoms. The average Bonchev–Trinajstić information content (AvgIpc) is 2.98. The lowest BCUT2D eigenvalue weighted by molar-refractivity contribution is -0.142. The number of benzene rings is 1. The minimum atomic E-state index is -0.977. The van der Waals surface area contributed by atoms with Gasteiger partial charge in [0.1, 0.15) is 24.2 Å². The molecule has 9 nitrogen and oxygen atoms in total. The van der Waals surface area contributed by atoms with Crippen molar-refractivity contribution >= 4 is 17.7 Å². The van der Waals surface area contributed by atoms with Crippen LogP contribution in [0.5, 0.6) is 5.75 Å². The number of ether oxygens (including phenoxy) is 1. The number of anilines is 1. The van der Waals surface area contributed by atoms with Crippen LogP contribution in [0.15, 0.2) is 42.5 Å². The van der Waals surface area contributed by atoms with Gasteiger partial charge in [-0.3, -0.25) is 9.69 Å². The molecule has 1 saturated heterocycles. The Kier molecular flexibility index (Phi) is 12.3. The van der Waals surface area contributed by atoms with Crippen LogP contribution >= 0.6 is 0 Å². The predicted octanol–water partition coefficient (Wildman–Crippen LogP) is 3.83. The van der Waals surface area contributed by atoms with Crippen molar-refractivity contribution in [2.24, 2.45) is 5.92 Å². The Morgan fingerprint density at radius 1 is 1.12 bits per heavy atom. The van der Waals surface area contributed by atoms with Crippen LogP contribution in [0.2, 0.25) is 0 Å². The lowest BCUT2D eigenvalue weighted by Gasteiger charge is -2.29. The van der Waals surface area contributed by atoms with E-state index in [1.54, 1.807) is 0 Å². The van der Waals surface area contributed by atoms with Crippen molar-refractivity contribution in [1.82, 2.24) is 20.1 Å². The van der Waals surface area contributed by atoms with Crippen LogP contribution in [0, 0.1) is 5.92 Å². The third-order valence-electron chi connectivity index (χ3n) is 8.21. The number of likely N-dealkylation sites (tertiary alicyclic amines) is 1. The minimum absolute atomic E-state index is 0.155. The maximum Gasteiger partial charge on any atom is 0.326 e. The van der Waals surface area contributed by atoms with Gasteiger partial charge in [0, 0.05) is 31.7 Å². The third-order valence-corrected chi connectivity index (χ3v) is 8.21. The van der Waals surface area contributed by atoms with E-state index in [4.69, 9.17) is 9.72 Å². The number of amides is 1. The summed E-state index contributed by atoms with van der Waals surface area (Å²) >= 11 is 0. The number of carbonyl (C=O) groups is 2. The molecule has 0 radical (unpaired) electrons. The fraction of sp³-hybridized carbons (Fsp3) is 0.594. The summed E-state index contributed by atoms with van der Waals surface area (Å²) in [4.78, 5) is 34.0. The zero-order valence-corrected chi connectivity index (χ0v) is 24.5. The van der Waals surface area contributed by atoms with Crippen LogP contribution < -0.4 is 15.4 Å². The molecule has 2 aliphatic heterocycles. The zero-order valence-electron chi connectivity index (χ0n) is 24.5. The monoisotopic (exact) mass is 565 g/mol. The van der Waals surface area contributed by atoms with E-state index >= 15 is 0 Å². The third kappa shape index (κ3) is 10.6. The first-order chi connectivity index (χ1) is 20.0. The van der Waals surface area contributed by atoms with Gasteiger partial charge in [0.2, 0.25) is 5.91 Å². The van der Waals surface area contributed by atoms with Crippen molar-refractivity contribution in [2.75, 3.05) is 58.2 Å². The van der Waals surface area contributed by atoms with Gasteiger partial charge in [-0.25, -0.2) is 9.78 Å². The second kappa shape index (κ2) is 16.3. The Labute approximate surface area is 244 Å². The molecule has 1 atom stereocenters. The SMILES string of the molecule is CN1CCC(CC(=O)NC(CCN(CCCCc2ccc3c(n2)NCCC3)CCOc2ccccc2)C(=O)O)CC1. The van der Waals surface area contributed by atoms with E-state index in [2.05, 4.69) is 39.6 Å². The fourth-order valence-electron chi connectivity index (χ4n) is 5.64.